The third-order valence-electron chi connectivity index (χ3n) is 2.65. The van der Waals surface area contributed by atoms with Crippen molar-refractivity contribution in [3.8, 4) is 0 Å². The molecular weight excluding hydrogens is 276 g/mol. The van der Waals surface area contributed by atoms with E-state index in [0.717, 1.165) is 4.40 Å². The number of benzene rings is 1. The van der Waals surface area contributed by atoms with Crippen LogP contribution in [-0.2, 0) is 0 Å². The Labute approximate surface area is 111 Å². The van der Waals surface area contributed by atoms with Gasteiger partial charge in [-0.25, -0.2) is 4.98 Å². The van der Waals surface area contributed by atoms with Crippen molar-refractivity contribution in [1.29, 1.82) is 5.41 Å². The summed E-state index contributed by atoms with van der Waals surface area (Å²) in [5.41, 5.74) is 0.767. The van der Waals surface area contributed by atoms with Gasteiger partial charge in [-0.3, -0.25) is 9.81 Å². The Kier molecular flexibility index (Phi) is 2.50. The molecule has 0 saturated carbocycles. The maximum absolute atomic E-state index is 13.7. The second-order valence-corrected chi connectivity index (χ2v) is 4.63. The predicted octanol–water partition coefficient (Wildman–Crippen LogP) is 3.41. The molecule has 2 aromatic heterocycles. The normalized spacial score (nSPS) is 11.3. The van der Waals surface area contributed by atoms with E-state index in [1.54, 1.807) is 12.1 Å². The number of rotatable bonds is 0. The van der Waals surface area contributed by atoms with Gasteiger partial charge in [0.1, 0.15) is 11.1 Å². The van der Waals surface area contributed by atoms with Gasteiger partial charge in [0.05, 0.1) is 15.9 Å². The zero-order chi connectivity index (χ0) is 12.9. The molecule has 3 nitrogen and oxygen atoms in total. The molecule has 18 heavy (non-hydrogen) atoms. The largest absolute Gasteiger partial charge is 0.283 e. The van der Waals surface area contributed by atoms with Gasteiger partial charge in [0.25, 0.3) is 0 Å². The van der Waals surface area contributed by atoms with Crippen LogP contribution in [-0.4, -0.2) is 9.38 Å². The van der Waals surface area contributed by atoms with Crippen LogP contribution >= 0.6 is 23.2 Å². The van der Waals surface area contributed by atoms with E-state index in [4.69, 9.17) is 28.6 Å². The average molecular weight is 282 g/mol. The first-order valence-electron chi connectivity index (χ1n) is 5.08. The summed E-state index contributed by atoms with van der Waals surface area (Å²) in [5, 5.41) is 9.13. The summed E-state index contributed by atoms with van der Waals surface area (Å²) in [6.45, 7) is 0. The van der Waals surface area contributed by atoms with Gasteiger partial charge in [-0.15, -0.1) is 0 Å². The zero-order valence-electron chi connectivity index (χ0n) is 8.92. The van der Waals surface area contributed by atoms with Crippen molar-refractivity contribution in [2.24, 2.45) is 0 Å². The molecule has 0 amide bonds. The topological polar surface area (TPSA) is 41.2 Å². The summed E-state index contributed by atoms with van der Waals surface area (Å²) in [7, 11) is 0. The van der Waals surface area contributed by atoms with Crippen LogP contribution in [0.3, 0.4) is 0 Å². The number of fused-ring (bicyclic) bond motifs is 2. The smallest absolute Gasteiger partial charge is 0.201 e. The van der Waals surface area contributed by atoms with Crippen molar-refractivity contribution >= 4 is 39.8 Å². The molecule has 0 unspecified atom stereocenters. The van der Waals surface area contributed by atoms with Gasteiger partial charge in [0.15, 0.2) is 0 Å². The molecule has 0 atom stereocenters. The second kappa shape index (κ2) is 3.93. The minimum absolute atomic E-state index is 0.0465. The van der Waals surface area contributed by atoms with Gasteiger partial charge < -0.3 is 0 Å². The van der Waals surface area contributed by atoms with Crippen LogP contribution in [0, 0.1) is 11.4 Å². The van der Waals surface area contributed by atoms with E-state index >= 15 is 0 Å². The maximum Gasteiger partial charge on any atom is 0.201 e. The first-order chi connectivity index (χ1) is 8.58. The molecule has 0 spiro atoms. The van der Waals surface area contributed by atoms with Crippen molar-refractivity contribution < 1.29 is 4.39 Å². The molecule has 3 rings (SSSR count). The highest BCUT2D eigenvalue weighted by Crippen LogP contribution is 2.24. The monoisotopic (exact) mass is 281 g/mol. The summed E-state index contributed by atoms with van der Waals surface area (Å²) in [6.07, 6.45) is 0. The van der Waals surface area contributed by atoms with Crippen LogP contribution in [0.2, 0.25) is 10.0 Å². The summed E-state index contributed by atoms with van der Waals surface area (Å²) in [5.74, 6) is -0.557. The lowest BCUT2D eigenvalue weighted by molar-refractivity contribution is 0.557. The average Bonchev–Trinajstić information content (AvgIpc) is 2.27. The number of halogens is 3. The lowest BCUT2D eigenvalue weighted by Crippen LogP contribution is -2.18. The van der Waals surface area contributed by atoms with Crippen LogP contribution < -0.4 is 5.49 Å². The SMILES string of the molecule is N=c1c2c(Cl)cc(Cl)cc2nc2cccc(F)n12. The van der Waals surface area contributed by atoms with Crippen molar-refractivity contribution in [2.45, 2.75) is 0 Å². The summed E-state index contributed by atoms with van der Waals surface area (Å²) < 4.78 is 14.8. The molecule has 0 aliphatic carbocycles. The van der Waals surface area contributed by atoms with Gasteiger partial charge in [-0.05, 0) is 24.3 Å². The van der Waals surface area contributed by atoms with Crippen molar-refractivity contribution in [2.75, 3.05) is 0 Å². The number of nitrogens with zero attached hydrogens (tertiary/aromatic N) is 2. The van der Waals surface area contributed by atoms with Gasteiger partial charge in [0.2, 0.25) is 5.95 Å². The number of hydrogen-bond acceptors (Lipinski definition) is 2. The number of aromatic nitrogens is 2. The van der Waals surface area contributed by atoms with Crippen LogP contribution in [0.4, 0.5) is 4.39 Å². The van der Waals surface area contributed by atoms with E-state index in [1.165, 1.54) is 18.2 Å². The van der Waals surface area contributed by atoms with Gasteiger partial charge >= 0.3 is 0 Å². The highest BCUT2D eigenvalue weighted by atomic mass is 35.5. The first kappa shape index (κ1) is 11.4. The third kappa shape index (κ3) is 1.57. The van der Waals surface area contributed by atoms with E-state index in [9.17, 15) is 4.39 Å². The maximum atomic E-state index is 13.7. The Balaban J connectivity index is 2.66. The molecule has 0 bridgehead atoms. The molecule has 3 aromatic rings. The van der Waals surface area contributed by atoms with Gasteiger partial charge in [0, 0.05) is 5.02 Å². The Hall–Kier alpha value is -1.65. The Morgan fingerprint density at radius 2 is 2.00 bits per heavy atom. The standard InChI is InChI=1S/C12H6Cl2FN3/c13-6-4-7(14)11-8(5-6)17-10-3-1-2-9(15)18(10)12(11)16/h1-5,16H. The fourth-order valence-electron chi connectivity index (χ4n) is 1.90. The minimum atomic E-state index is -0.557. The fraction of sp³-hybridized carbons (Fsp3) is 0. The van der Waals surface area contributed by atoms with Crippen molar-refractivity contribution in [1.82, 2.24) is 9.38 Å². The molecule has 90 valence electrons. The quantitative estimate of drug-likeness (QED) is 0.498. The highest BCUT2D eigenvalue weighted by Gasteiger charge is 2.10. The number of pyridine rings is 1. The number of hydrogen-bond donors (Lipinski definition) is 1. The summed E-state index contributed by atoms with van der Waals surface area (Å²) in [6, 6.07) is 7.54. The molecule has 0 aliphatic rings. The Bertz CT molecular complexity index is 842. The van der Waals surface area contributed by atoms with E-state index in [-0.39, 0.29) is 10.5 Å². The molecule has 2 heterocycles. The highest BCUT2D eigenvalue weighted by molar-refractivity contribution is 6.38. The molecular formula is C12H6Cl2FN3. The number of nitrogens with one attached hydrogen (secondary N) is 1. The van der Waals surface area contributed by atoms with Crippen molar-refractivity contribution in [3.05, 3.63) is 51.8 Å². The van der Waals surface area contributed by atoms with E-state index < -0.39 is 5.95 Å². The lowest BCUT2D eigenvalue weighted by atomic mass is 10.2. The van der Waals surface area contributed by atoms with Crippen molar-refractivity contribution in [3.63, 3.8) is 0 Å². The second-order valence-electron chi connectivity index (χ2n) is 3.78. The van der Waals surface area contributed by atoms with Gasteiger partial charge in [-0.1, -0.05) is 29.3 Å². The lowest BCUT2D eigenvalue weighted by Gasteiger charge is -2.07. The third-order valence-corrected chi connectivity index (χ3v) is 3.17. The Morgan fingerprint density at radius 3 is 2.78 bits per heavy atom. The molecule has 0 aliphatic heterocycles. The van der Waals surface area contributed by atoms with E-state index in [1.807, 2.05) is 0 Å². The molecule has 0 saturated heterocycles. The van der Waals surface area contributed by atoms with Crippen LogP contribution in [0.15, 0.2) is 30.3 Å². The van der Waals surface area contributed by atoms with Crippen LogP contribution in [0.1, 0.15) is 0 Å². The molecule has 0 radical (unpaired) electrons. The molecule has 1 aromatic carbocycles. The van der Waals surface area contributed by atoms with Crippen LogP contribution in [0.25, 0.3) is 16.6 Å². The predicted molar refractivity (Wildman–Crippen MR) is 68.5 cm³/mol. The first-order valence-corrected chi connectivity index (χ1v) is 5.84. The molecule has 1 N–H and O–H groups in total. The minimum Gasteiger partial charge on any atom is -0.283 e. The summed E-state index contributed by atoms with van der Waals surface area (Å²) >= 11 is 11.9. The molecule has 6 heteroatoms. The van der Waals surface area contributed by atoms with Crippen LogP contribution in [0.5, 0.6) is 0 Å². The fourth-order valence-corrected chi connectivity index (χ4v) is 2.47. The zero-order valence-corrected chi connectivity index (χ0v) is 10.4. The van der Waals surface area contributed by atoms with E-state index in [0.29, 0.717) is 21.6 Å². The Morgan fingerprint density at radius 1 is 1.22 bits per heavy atom. The van der Waals surface area contributed by atoms with Gasteiger partial charge in [-0.2, -0.15) is 4.39 Å². The van der Waals surface area contributed by atoms with E-state index in [2.05, 4.69) is 4.98 Å². The summed E-state index contributed by atoms with van der Waals surface area (Å²) in [4.78, 5) is 4.26. The molecule has 0 fully saturated rings.